The third kappa shape index (κ3) is 13.3. The molecule has 0 fully saturated rings. The number of methoxy groups -OCH3 is 4. The molecule has 28 heteroatoms. The second kappa shape index (κ2) is 27.9. The molecule has 84 heavy (non-hydrogen) atoms. The predicted octanol–water partition coefficient (Wildman–Crippen LogP) is 8.84. The van der Waals surface area contributed by atoms with E-state index in [0.717, 1.165) is 24.3 Å². The Bertz CT molecular complexity index is 3380. The summed E-state index contributed by atoms with van der Waals surface area (Å²) < 4.78 is 47.2. The van der Waals surface area contributed by atoms with Crippen LogP contribution in [0.2, 0.25) is 0 Å². The van der Waals surface area contributed by atoms with Crippen molar-refractivity contribution in [2.45, 2.75) is 26.4 Å². The Morgan fingerprint density at radius 3 is 0.798 bits per heavy atom. The van der Waals surface area contributed by atoms with E-state index in [4.69, 9.17) is 36.7 Å². The van der Waals surface area contributed by atoms with Gasteiger partial charge in [0.15, 0.2) is 11.5 Å². The lowest BCUT2D eigenvalue weighted by molar-refractivity contribution is -0.396. The molecule has 0 saturated carbocycles. The first kappa shape index (κ1) is 61.3. The molecule has 0 spiro atoms. The van der Waals surface area contributed by atoms with Crippen molar-refractivity contribution < 1.29 is 66.2 Å². The lowest BCUT2D eigenvalue weighted by Crippen LogP contribution is -2.63. The molecular formula is C56H50N6O20Si2. The van der Waals surface area contributed by atoms with Crippen LogP contribution in [0.3, 0.4) is 0 Å². The molecule has 0 amide bonds. The Hall–Kier alpha value is -10.4. The maximum Gasteiger partial charge on any atom is 0.407 e. The first-order valence-electron chi connectivity index (χ1n) is 24.8. The van der Waals surface area contributed by atoms with Gasteiger partial charge in [-0.25, -0.2) is 0 Å². The number of hydrogen-bond acceptors (Lipinski definition) is 20. The van der Waals surface area contributed by atoms with Crippen LogP contribution in [0.25, 0.3) is 0 Å². The van der Waals surface area contributed by atoms with Crippen LogP contribution >= 0.6 is 0 Å². The highest BCUT2D eigenvalue weighted by Crippen LogP contribution is 2.42. The van der Waals surface area contributed by atoms with Crippen LogP contribution in [0, 0.1) is 60.7 Å². The second-order valence-electron chi connectivity index (χ2n) is 17.6. The maximum atomic E-state index is 12.2. The van der Waals surface area contributed by atoms with Crippen LogP contribution in [0.5, 0.6) is 23.0 Å². The van der Waals surface area contributed by atoms with E-state index in [9.17, 15) is 60.7 Å². The van der Waals surface area contributed by atoms with Crippen LogP contribution in [0.1, 0.15) is 22.3 Å². The zero-order valence-corrected chi connectivity index (χ0v) is 47.0. The van der Waals surface area contributed by atoms with Gasteiger partial charge in [0, 0.05) is 24.3 Å². The maximum absolute atomic E-state index is 12.2. The van der Waals surface area contributed by atoms with E-state index < -0.39 is 82.6 Å². The molecule has 0 N–H and O–H groups in total. The van der Waals surface area contributed by atoms with Crippen molar-refractivity contribution in [1.29, 1.82) is 0 Å². The van der Waals surface area contributed by atoms with Crippen LogP contribution in [-0.4, -0.2) is 75.1 Å². The summed E-state index contributed by atoms with van der Waals surface area (Å²) in [7, 11) is -2.33. The summed E-state index contributed by atoms with van der Waals surface area (Å²) in [5, 5.41) is 73.6. The average molecular weight is 1180 g/mol. The monoisotopic (exact) mass is 1180 g/mol. The number of nitro groups is 6. The Morgan fingerprint density at radius 2 is 0.571 bits per heavy atom. The smallest absolute Gasteiger partial charge is 0.407 e. The lowest BCUT2D eigenvalue weighted by atomic mass is 10.1. The van der Waals surface area contributed by atoms with E-state index in [1.54, 1.807) is 72.8 Å². The third-order valence-corrected chi connectivity index (χ3v) is 19.5. The van der Waals surface area contributed by atoms with Gasteiger partial charge in [0.25, 0.3) is 22.7 Å². The Balaban J connectivity index is 0.000000241. The number of ether oxygens (including phenoxy) is 4. The van der Waals surface area contributed by atoms with E-state index in [1.165, 1.54) is 52.7 Å². The van der Waals surface area contributed by atoms with Crippen molar-refractivity contribution in [3.63, 3.8) is 0 Å². The van der Waals surface area contributed by atoms with Gasteiger partial charge < -0.3 is 36.7 Å². The van der Waals surface area contributed by atoms with Gasteiger partial charge in [0.2, 0.25) is 11.5 Å². The van der Waals surface area contributed by atoms with Crippen molar-refractivity contribution in [3.05, 3.63) is 265 Å². The van der Waals surface area contributed by atoms with Crippen LogP contribution in [0.4, 0.5) is 34.1 Å². The quantitative estimate of drug-likeness (QED) is 0.0277. The highest BCUT2D eigenvalue weighted by Gasteiger charge is 2.47. The standard InChI is InChI=1S/C30H30N2O10Si.C26H20N4O10Si/c1-37-25-17-15-21(27(31(33)34)29(25)39-3)19-41-43(23-11-7-5-8-12-23,24-13-9-6-10-14-24)42-20-22-16-18-26(38-2)30(40-4)28(22)32(35)36;31-27(32)23-13-7-14-24(28(33)34)21(23)17-39-41(19-9-3-1-4-10-19,20-11-5-2-6-12-20)40-18-22-25(29(35)36)15-8-16-26(22)30(37)38/h5-18H,19-20H2,1-4H3;1-16H,17-18H2. The highest BCUT2D eigenvalue weighted by molar-refractivity contribution is 6.93. The summed E-state index contributed by atoms with van der Waals surface area (Å²) in [6, 6.07) is 48.1. The number of nitrogens with zero attached hydrogens (tertiary/aromatic N) is 6. The fourth-order valence-corrected chi connectivity index (χ4v) is 15.2. The van der Waals surface area contributed by atoms with E-state index in [0.29, 0.717) is 20.7 Å². The molecule has 0 bridgehead atoms. The summed E-state index contributed by atoms with van der Waals surface area (Å²) in [5.41, 5.74) is -2.95. The first-order chi connectivity index (χ1) is 40.5. The molecule has 0 radical (unpaired) electrons. The largest absolute Gasteiger partial charge is 0.493 e. The normalized spacial score (nSPS) is 11.1. The van der Waals surface area contributed by atoms with Crippen molar-refractivity contribution in [2.24, 2.45) is 0 Å². The molecule has 0 unspecified atom stereocenters. The molecule has 0 saturated heterocycles. The van der Waals surface area contributed by atoms with Crippen molar-refractivity contribution in [3.8, 4) is 23.0 Å². The van der Waals surface area contributed by atoms with Crippen LogP contribution in [0.15, 0.2) is 182 Å². The molecule has 432 valence electrons. The molecule has 0 atom stereocenters. The van der Waals surface area contributed by atoms with Gasteiger partial charge in [-0.15, -0.1) is 0 Å². The SMILES string of the molecule is COc1ccc(CO[Si](OCc2ccc(OC)c(OC)c2[N+](=O)[O-])(c2ccccc2)c2ccccc2)c([N+](=O)[O-])c1OC.O=[N+]([O-])c1cccc([N+](=O)[O-])c1CO[Si](OCc1c([N+](=O)[O-])cccc1[N+](=O)[O-])(c1ccccc1)c1ccccc1. The average Bonchev–Trinajstić information content (AvgIpc) is 3.52. The number of rotatable bonds is 26. The fraction of sp³-hybridized carbons (Fsp3) is 0.143. The molecule has 8 aromatic carbocycles. The molecular weight excluding hydrogens is 1130 g/mol. The minimum absolute atomic E-state index is 0.0397. The van der Waals surface area contributed by atoms with Gasteiger partial charge in [-0.05, 0) is 57.1 Å². The topological polar surface area (TPSA) is 333 Å². The Labute approximate surface area is 479 Å². The number of hydrogen-bond donors (Lipinski definition) is 0. The summed E-state index contributed by atoms with van der Waals surface area (Å²) in [6.07, 6.45) is 0. The minimum Gasteiger partial charge on any atom is -0.493 e. The fourth-order valence-electron chi connectivity index (χ4n) is 9.06. The zero-order valence-electron chi connectivity index (χ0n) is 45.0. The van der Waals surface area contributed by atoms with Gasteiger partial charge in [-0.2, -0.15) is 0 Å². The molecule has 0 aliphatic carbocycles. The first-order valence-corrected chi connectivity index (χ1v) is 28.5. The summed E-state index contributed by atoms with van der Waals surface area (Å²) in [4.78, 5) is 67.2. The Kier molecular flexibility index (Phi) is 20.3. The molecule has 0 aromatic heterocycles. The molecule has 0 aliphatic rings. The van der Waals surface area contributed by atoms with Gasteiger partial charge in [-0.1, -0.05) is 121 Å². The van der Waals surface area contributed by atoms with Gasteiger partial charge in [-0.3, -0.25) is 60.7 Å². The van der Waals surface area contributed by atoms with Crippen LogP contribution in [-0.2, 0) is 44.1 Å². The van der Waals surface area contributed by atoms with E-state index in [2.05, 4.69) is 0 Å². The van der Waals surface area contributed by atoms with Gasteiger partial charge >= 0.3 is 28.5 Å². The molecule has 8 aromatic rings. The van der Waals surface area contributed by atoms with E-state index >= 15 is 0 Å². The van der Waals surface area contributed by atoms with Gasteiger partial charge in [0.1, 0.15) is 11.1 Å². The third-order valence-electron chi connectivity index (χ3n) is 12.9. The molecule has 0 heterocycles. The summed E-state index contributed by atoms with van der Waals surface area (Å²) >= 11 is 0. The summed E-state index contributed by atoms with van der Waals surface area (Å²) in [5.74, 6) is 0.318. The molecule has 26 nitrogen and oxygen atoms in total. The second-order valence-corrected chi connectivity index (χ2v) is 23.5. The highest BCUT2D eigenvalue weighted by atomic mass is 28.4. The van der Waals surface area contributed by atoms with Crippen molar-refractivity contribution in [1.82, 2.24) is 0 Å². The Morgan fingerprint density at radius 1 is 0.310 bits per heavy atom. The predicted molar refractivity (Wildman–Crippen MR) is 307 cm³/mol. The molecule has 0 aliphatic heterocycles. The van der Waals surface area contributed by atoms with Gasteiger partial charge in [0.05, 0.1) is 95.5 Å². The number of benzene rings is 8. The number of nitro benzene ring substituents is 6. The van der Waals surface area contributed by atoms with Crippen molar-refractivity contribution >= 4 is 72.0 Å². The van der Waals surface area contributed by atoms with E-state index in [1.807, 2.05) is 60.7 Å². The summed E-state index contributed by atoms with van der Waals surface area (Å²) in [6.45, 7) is -1.74. The van der Waals surface area contributed by atoms with Crippen molar-refractivity contribution in [2.75, 3.05) is 28.4 Å². The van der Waals surface area contributed by atoms with E-state index in [-0.39, 0.29) is 69.8 Å². The lowest BCUT2D eigenvalue weighted by Gasteiger charge is -2.31. The minimum atomic E-state index is -4.03. The van der Waals surface area contributed by atoms with Crippen LogP contribution < -0.4 is 39.7 Å². The molecule has 8 rings (SSSR count). The zero-order chi connectivity index (χ0) is 60.6.